The van der Waals surface area contributed by atoms with Crippen LogP contribution in [0.2, 0.25) is 0 Å². The number of carbonyl (C=O) groups is 2. The number of ether oxygens (including phenoxy) is 2. The van der Waals surface area contributed by atoms with E-state index < -0.39 is 34.3 Å². The van der Waals surface area contributed by atoms with Gasteiger partial charge in [-0.1, -0.05) is 42.5 Å². The van der Waals surface area contributed by atoms with Gasteiger partial charge in [0.1, 0.15) is 18.4 Å². The van der Waals surface area contributed by atoms with Gasteiger partial charge in [-0.15, -0.1) is 0 Å². The summed E-state index contributed by atoms with van der Waals surface area (Å²) in [7, 11) is -3.92. The Bertz CT molecular complexity index is 1470. The number of rotatable bonds is 12. The van der Waals surface area contributed by atoms with Crippen molar-refractivity contribution in [3.8, 4) is 11.5 Å². The number of nitrogens with zero attached hydrogens (tertiary/aromatic N) is 2. The van der Waals surface area contributed by atoms with Crippen LogP contribution in [0.1, 0.15) is 31.9 Å². The molecule has 3 aromatic rings. The minimum atomic E-state index is -3.92. The van der Waals surface area contributed by atoms with E-state index in [4.69, 9.17) is 9.47 Å². The molecular weight excluding hydrogens is 549 g/mol. The zero-order valence-corrected chi connectivity index (χ0v) is 24.1. The lowest BCUT2D eigenvalue weighted by molar-refractivity contribution is -0.140. The molecule has 0 bridgehead atoms. The van der Waals surface area contributed by atoms with Crippen molar-refractivity contribution in [2.45, 2.75) is 45.8 Å². The molecule has 218 valence electrons. The second-order valence-electron chi connectivity index (χ2n) is 9.96. The van der Waals surface area contributed by atoms with Crippen LogP contribution >= 0.6 is 0 Å². The van der Waals surface area contributed by atoms with Crippen LogP contribution in [0.3, 0.4) is 0 Å². The van der Waals surface area contributed by atoms with Crippen LogP contribution in [0.15, 0.2) is 72.8 Å². The molecule has 0 aromatic heterocycles. The Balaban J connectivity index is 1.74. The number of benzene rings is 3. The molecule has 11 heteroatoms. The summed E-state index contributed by atoms with van der Waals surface area (Å²) in [6, 6.07) is 18.4. The van der Waals surface area contributed by atoms with E-state index in [2.05, 4.69) is 5.32 Å². The molecule has 1 aliphatic heterocycles. The van der Waals surface area contributed by atoms with Crippen LogP contribution in [0.4, 0.5) is 10.1 Å². The third kappa shape index (κ3) is 7.55. The van der Waals surface area contributed by atoms with E-state index in [1.807, 2.05) is 44.2 Å². The SMILES string of the molecule is CCS(=O)(=O)N(CC(=O)N(Cc1ccc(F)cc1)C(Cc1ccccc1)C(=O)NC(C)C)c1ccc2c(c1)OCO2. The van der Waals surface area contributed by atoms with E-state index in [9.17, 15) is 22.4 Å². The first-order valence-electron chi connectivity index (χ1n) is 13.4. The maximum absolute atomic E-state index is 14.1. The molecule has 0 saturated carbocycles. The molecule has 41 heavy (non-hydrogen) atoms. The van der Waals surface area contributed by atoms with Crippen LogP contribution in [-0.4, -0.2) is 56.3 Å². The number of nitrogens with one attached hydrogen (secondary N) is 1. The Labute approximate surface area is 239 Å². The molecule has 9 nitrogen and oxygen atoms in total. The number of amides is 2. The van der Waals surface area contributed by atoms with Crippen LogP contribution in [0.25, 0.3) is 0 Å². The lowest BCUT2D eigenvalue weighted by Crippen LogP contribution is -2.54. The number of carbonyl (C=O) groups excluding carboxylic acids is 2. The first-order valence-corrected chi connectivity index (χ1v) is 15.0. The van der Waals surface area contributed by atoms with E-state index in [0.717, 1.165) is 9.87 Å². The number of hydrogen-bond donors (Lipinski definition) is 1. The molecule has 1 aliphatic rings. The predicted molar refractivity (Wildman–Crippen MR) is 154 cm³/mol. The van der Waals surface area contributed by atoms with Crippen LogP contribution < -0.4 is 19.1 Å². The van der Waals surface area contributed by atoms with Crippen LogP contribution in [0.5, 0.6) is 11.5 Å². The van der Waals surface area contributed by atoms with Gasteiger partial charge < -0.3 is 19.7 Å². The van der Waals surface area contributed by atoms with Crippen LogP contribution in [-0.2, 0) is 32.6 Å². The van der Waals surface area contributed by atoms with Gasteiger partial charge in [0.2, 0.25) is 28.6 Å². The normalized spacial score (nSPS) is 13.1. The zero-order chi connectivity index (χ0) is 29.6. The Hall–Kier alpha value is -4.12. The second kappa shape index (κ2) is 13.0. The predicted octanol–water partition coefficient (Wildman–Crippen LogP) is 3.88. The molecule has 4 rings (SSSR count). The van der Waals surface area contributed by atoms with Crippen molar-refractivity contribution in [3.63, 3.8) is 0 Å². The number of sulfonamides is 1. The van der Waals surface area contributed by atoms with Crippen molar-refractivity contribution in [2.75, 3.05) is 23.4 Å². The number of anilines is 1. The highest BCUT2D eigenvalue weighted by Crippen LogP contribution is 2.36. The van der Waals surface area contributed by atoms with E-state index in [1.54, 1.807) is 12.1 Å². The fourth-order valence-electron chi connectivity index (χ4n) is 4.48. The molecular formula is C30H34FN3O6S. The van der Waals surface area contributed by atoms with Crippen molar-refractivity contribution < 1.29 is 31.9 Å². The average Bonchev–Trinajstić information content (AvgIpc) is 3.42. The summed E-state index contributed by atoms with van der Waals surface area (Å²) < 4.78 is 52.0. The topological polar surface area (TPSA) is 105 Å². The summed E-state index contributed by atoms with van der Waals surface area (Å²) in [5.41, 5.74) is 1.64. The van der Waals surface area contributed by atoms with Gasteiger partial charge in [0.05, 0.1) is 11.4 Å². The van der Waals surface area contributed by atoms with E-state index in [-0.39, 0.29) is 43.1 Å². The van der Waals surface area contributed by atoms with Gasteiger partial charge in [-0.3, -0.25) is 13.9 Å². The molecule has 0 radical (unpaired) electrons. The van der Waals surface area contributed by atoms with Gasteiger partial charge >= 0.3 is 0 Å². The third-order valence-electron chi connectivity index (χ3n) is 6.59. The van der Waals surface area contributed by atoms with Crippen molar-refractivity contribution in [2.24, 2.45) is 0 Å². The molecule has 2 amide bonds. The lowest BCUT2D eigenvalue weighted by atomic mass is 10.0. The minimum absolute atomic E-state index is 0.00974. The average molecular weight is 584 g/mol. The fraction of sp³-hybridized carbons (Fsp3) is 0.333. The van der Waals surface area contributed by atoms with E-state index in [1.165, 1.54) is 42.2 Å². The Morgan fingerprint density at radius 2 is 1.63 bits per heavy atom. The summed E-state index contributed by atoms with van der Waals surface area (Å²) in [5.74, 6) is -0.828. The van der Waals surface area contributed by atoms with Gasteiger partial charge in [0.15, 0.2) is 11.5 Å². The molecule has 1 heterocycles. The van der Waals surface area contributed by atoms with Gasteiger partial charge in [-0.25, -0.2) is 12.8 Å². The van der Waals surface area contributed by atoms with Crippen molar-refractivity contribution >= 4 is 27.5 Å². The first-order chi connectivity index (χ1) is 19.6. The number of fused-ring (bicyclic) bond motifs is 1. The highest BCUT2D eigenvalue weighted by molar-refractivity contribution is 7.92. The monoisotopic (exact) mass is 583 g/mol. The minimum Gasteiger partial charge on any atom is -0.454 e. The summed E-state index contributed by atoms with van der Waals surface area (Å²) in [6.45, 7) is 4.54. The molecule has 0 aliphatic carbocycles. The van der Waals surface area contributed by atoms with Crippen molar-refractivity contribution in [3.05, 3.63) is 89.7 Å². The summed E-state index contributed by atoms with van der Waals surface area (Å²) in [5, 5.41) is 2.89. The standard InChI is InChI=1S/C30H34FN3O6S/c1-4-41(37,38)34(25-14-15-27-28(17-25)40-20-39-27)19-29(35)33(18-23-10-12-24(31)13-11-23)26(30(36)32-21(2)3)16-22-8-6-5-7-9-22/h5-15,17,21,26H,4,16,18-20H2,1-3H3,(H,32,36). The summed E-state index contributed by atoms with van der Waals surface area (Å²) in [4.78, 5) is 29.0. The Kier molecular flexibility index (Phi) is 9.49. The van der Waals surface area contributed by atoms with Crippen LogP contribution in [0, 0.1) is 5.82 Å². The second-order valence-corrected chi connectivity index (χ2v) is 12.1. The molecule has 0 fully saturated rings. The highest BCUT2D eigenvalue weighted by atomic mass is 32.2. The number of halogens is 1. The molecule has 1 atom stereocenters. The third-order valence-corrected chi connectivity index (χ3v) is 8.33. The van der Waals surface area contributed by atoms with Crippen molar-refractivity contribution in [1.82, 2.24) is 10.2 Å². The van der Waals surface area contributed by atoms with Crippen molar-refractivity contribution in [1.29, 1.82) is 0 Å². The molecule has 1 N–H and O–H groups in total. The number of hydrogen-bond acceptors (Lipinski definition) is 6. The Morgan fingerprint density at radius 3 is 2.29 bits per heavy atom. The largest absolute Gasteiger partial charge is 0.454 e. The Morgan fingerprint density at radius 1 is 0.951 bits per heavy atom. The van der Waals surface area contributed by atoms with E-state index in [0.29, 0.717) is 17.1 Å². The van der Waals surface area contributed by atoms with Gasteiger partial charge in [-0.05, 0) is 56.2 Å². The van der Waals surface area contributed by atoms with Gasteiger partial charge in [-0.2, -0.15) is 0 Å². The molecule has 1 unspecified atom stereocenters. The smallest absolute Gasteiger partial charge is 0.244 e. The quantitative estimate of drug-likeness (QED) is 0.347. The molecule has 3 aromatic carbocycles. The molecule has 0 spiro atoms. The lowest BCUT2D eigenvalue weighted by Gasteiger charge is -2.34. The zero-order valence-electron chi connectivity index (χ0n) is 23.2. The first kappa shape index (κ1) is 29.9. The van der Waals surface area contributed by atoms with E-state index >= 15 is 0 Å². The van der Waals surface area contributed by atoms with Gasteiger partial charge in [0.25, 0.3) is 0 Å². The molecule has 0 saturated heterocycles. The highest BCUT2D eigenvalue weighted by Gasteiger charge is 2.34. The summed E-state index contributed by atoms with van der Waals surface area (Å²) in [6.07, 6.45) is 0.191. The maximum Gasteiger partial charge on any atom is 0.244 e. The van der Waals surface area contributed by atoms with Gasteiger partial charge in [0, 0.05) is 25.1 Å². The maximum atomic E-state index is 14.1. The summed E-state index contributed by atoms with van der Waals surface area (Å²) >= 11 is 0. The fourth-order valence-corrected chi connectivity index (χ4v) is 5.53.